The van der Waals surface area contributed by atoms with Gasteiger partial charge in [-0.1, -0.05) is 0 Å². The van der Waals surface area contributed by atoms with E-state index < -0.39 is 18.0 Å². The largest absolute Gasteiger partial charge is 0.484 e. The normalized spacial score (nSPS) is 14.1. The number of morpholine rings is 1. The Morgan fingerprint density at radius 3 is 2.65 bits per heavy atom. The molecular formula is C29H28FN7O5S. The van der Waals surface area contributed by atoms with Crippen LogP contribution in [0.15, 0.2) is 42.9 Å². The van der Waals surface area contributed by atoms with Crippen LogP contribution in [0.4, 0.5) is 20.8 Å². The van der Waals surface area contributed by atoms with E-state index in [1.54, 1.807) is 19.2 Å². The zero-order valence-corrected chi connectivity index (χ0v) is 24.5. The van der Waals surface area contributed by atoms with Crippen molar-refractivity contribution in [2.24, 2.45) is 0 Å². The first-order chi connectivity index (χ1) is 20.9. The number of carbonyl (C=O) groups is 1. The third kappa shape index (κ3) is 6.39. The molecule has 0 bridgehead atoms. The molecule has 0 radical (unpaired) electrons. The molecule has 1 atom stereocenters. The van der Waals surface area contributed by atoms with Crippen molar-refractivity contribution < 1.29 is 28.1 Å². The van der Waals surface area contributed by atoms with Gasteiger partial charge in [0.05, 0.1) is 65.9 Å². The highest BCUT2D eigenvalue weighted by Gasteiger charge is 2.18. The van der Waals surface area contributed by atoms with Gasteiger partial charge in [-0.15, -0.1) is 11.3 Å². The number of aryl methyl sites for hydroxylation is 1. The Hall–Kier alpha value is -4.69. The maximum atomic E-state index is 15.0. The molecule has 1 saturated heterocycles. The van der Waals surface area contributed by atoms with Crippen molar-refractivity contribution in [2.45, 2.75) is 20.0 Å². The van der Waals surface area contributed by atoms with E-state index in [0.717, 1.165) is 15.8 Å². The van der Waals surface area contributed by atoms with E-state index >= 15 is 4.39 Å². The SMILES string of the molecule is COc1cnc2c(-c3nc4cc(F)c(O[C@@H](C)COC(=O)Nc5cnc(N6CCOCC6)nc5)cc4s3)cc(C)cc2n1. The van der Waals surface area contributed by atoms with Crippen LogP contribution in [0.1, 0.15) is 12.5 Å². The molecule has 0 aliphatic carbocycles. The van der Waals surface area contributed by atoms with Crippen molar-refractivity contribution in [1.29, 1.82) is 0 Å². The van der Waals surface area contributed by atoms with Gasteiger partial charge in [-0.25, -0.2) is 34.1 Å². The number of benzene rings is 2. The van der Waals surface area contributed by atoms with Crippen molar-refractivity contribution >= 4 is 50.3 Å². The van der Waals surface area contributed by atoms with E-state index in [1.165, 1.54) is 36.9 Å². The van der Waals surface area contributed by atoms with Crippen molar-refractivity contribution in [1.82, 2.24) is 24.9 Å². The number of amides is 1. The highest BCUT2D eigenvalue weighted by molar-refractivity contribution is 7.21. The third-order valence-corrected chi connectivity index (χ3v) is 7.66. The highest BCUT2D eigenvalue weighted by atomic mass is 32.1. The van der Waals surface area contributed by atoms with Crippen LogP contribution >= 0.6 is 11.3 Å². The van der Waals surface area contributed by atoms with E-state index in [2.05, 4.69) is 30.2 Å². The fraction of sp³-hybridized carbons (Fsp3) is 0.310. The fourth-order valence-corrected chi connectivity index (χ4v) is 5.55. The second-order valence-corrected chi connectivity index (χ2v) is 10.9. The Morgan fingerprint density at radius 2 is 1.88 bits per heavy atom. The first kappa shape index (κ1) is 28.4. The number of fused-ring (bicyclic) bond motifs is 2. The number of ether oxygens (including phenoxy) is 4. The predicted molar refractivity (Wildman–Crippen MR) is 160 cm³/mol. The summed E-state index contributed by atoms with van der Waals surface area (Å²) in [4.78, 5) is 36.6. The average Bonchev–Trinajstić information content (AvgIpc) is 3.42. The van der Waals surface area contributed by atoms with Crippen LogP contribution in [-0.2, 0) is 9.47 Å². The van der Waals surface area contributed by atoms with Crippen molar-refractivity contribution in [3.8, 4) is 22.2 Å². The molecule has 1 amide bonds. The van der Waals surface area contributed by atoms with Crippen LogP contribution in [0, 0.1) is 12.7 Å². The number of halogens is 1. The number of hydrogen-bond donors (Lipinski definition) is 1. The molecule has 1 fully saturated rings. The van der Waals surface area contributed by atoms with Gasteiger partial charge in [0.1, 0.15) is 17.7 Å². The Bertz CT molecular complexity index is 1780. The zero-order valence-electron chi connectivity index (χ0n) is 23.7. The minimum Gasteiger partial charge on any atom is -0.484 e. The molecule has 2 aromatic carbocycles. The molecule has 43 heavy (non-hydrogen) atoms. The highest BCUT2D eigenvalue weighted by Crippen LogP contribution is 2.37. The lowest BCUT2D eigenvalue weighted by molar-refractivity contribution is 0.0969. The summed E-state index contributed by atoms with van der Waals surface area (Å²) in [5.74, 6) is 0.444. The lowest BCUT2D eigenvalue weighted by Gasteiger charge is -2.26. The Kier molecular flexibility index (Phi) is 8.11. The molecule has 0 spiro atoms. The summed E-state index contributed by atoms with van der Waals surface area (Å²) >= 11 is 1.39. The van der Waals surface area contributed by atoms with Gasteiger partial charge in [-0.05, 0) is 31.5 Å². The van der Waals surface area contributed by atoms with E-state index in [-0.39, 0.29) is 12.4 Å². The van der Waals surface area contributed by atoms with Crippen molar-refractivity contribution in [3.05, 3.63) is 54.2 Å². The van der Waals surface area contributed by atoms with Gasteiger partial charge in [0.15, 0.2) is 11.6 Å². The van der Waals surface area contributed by atoms with Crippen LogP contribution in [0.3, 0.4) is 0 Å². The minimum atomic E-state index is -0.702. The van der Waals surface area contributed by atoms with Gasteiger partial charge in [-0.3, -0.25) is 5.32 Å². The molecule has 12 nitrogen and oxygen atoms in total. The standard InChI is InChI=1S/C29H28FN7O5S/c1-16-8-19(26-22(9-16)35-25(39-3)14-31-26)27-36-21-10-20(30)23(11-24(21)43-27)42-17(2)15-41-29(38)34-18-12-32-28(33-13-18)37-4-6-40-7-5-37/h8-14,17H,4-7,15H2,1-3H3,(H,34,38)/t17-/m0/s1. The number of rotatable bonds is 8. The van der Waals surface area contributed by atoms with Gasteiger partial charge in [-0.2, -0.15) is 0 Å². The second kappa shape index (κ2) is 12.3. The molecule has 0 saturated carbocycles. The molecular weight excluding hydrogens is 577 g/mol. The van der Waals surface area contributed by atoms with Crippen LogP contribution < -0.4 is 19.7 Å². The Morgan fingerprint density at radius 1 is 1.09 bits per heavy atom. The van der Waals surface area contributed by atoms with Gasteiger partial charge in [0.25, 0.3) is 0 Å². The van der Waals surface area contributed by atoms with E-state index in [4.69, 9.17) is 18.9 Å². The number of carbonyl (C=O) groups excluding carboxylic acids is 1. The van der Waals surface area contributed by atoms with Gasteiger partial charge in [0, 0.05) is 30.8 Å². The summed E-state index contributed by atoms with van der Waals surface area (Å²) in [6.45, 7) is 6.19. The Labute approximate surface area is 249 Å². The minimum absolute atomic E-state index is 0.0323. The van der Waals surface area contributed by atoms with Crippen LogP contribution in [0.25, 0.3) is 31.8 Å². The van der Waals surface area contributed by atoms with Crippen LogP contribution in [-0.4, -0.2) is 77.1 Å². The molecule has 222 valence electrons. The summed E-state index contributed by atoms with van der Waals surface area (Å²) in [5.41, 5.74) is 4.01. The average molecular weight is 606 g/mol. The summed E-state index contributed by atoms with van der Waals surface area (Å²) in [5, 5.41) is 3.26. The van der Waals surface area contributed by atoms with Crippen LogP contribution in [0.5, 0.6) is 11.6 Å². The maximum Gasteiger partial charge on any atom is 0.411 e. The molecule has 1 aliphatic heterocycles. The lowest BCUT2D eigenvalue weighted by atomic mass is 10.1. The number of anilines is 2. The molecule has 5 aromatic rings. The third-order valence-electron chi connectivity index (χ3n) is 6.61. The summed E-state index contributed by atoms with van der Waals surface area (Å²) in [7, 11) is 1.54. The van der Waals surface area contributed by atoms with Gasteiger partial charge >= 0.3 is 6.09 Å². The number of hydrogen-bond acceptors (Lipinski definition) is 12. The summed E-state index contributed by atoms with van der Waals surface area (Å²) in [6.07, 6.45) is 3.24. The molecule has 3 aromatic heterocycles. The smallest absolute Gasteiger partial charge is 0.411 e. The Balaban J connectivity index is 1.10. The zero-order chi connectivity index (χ0) is 29.9. The summed E-state index contributed by atoms with van der Waals surface area (Å²) in [6, 6.07) is 6.83. The van der Waals surface area contributed by atoms with Crippen LogP contribution in [0.2, 0.25) is 0 Å². The number of thiazole rings is 1. The topological polar surface area (TPSA) is 134 Å². The summed E-state index contributed by atoms with van der Waals surface area (Å²) < 4.78 is 37.3. The van der Waals surface area contributed by atoms with Gasteiger partial charge < -0.3 is 23.8 Å². The predicted octanol–water partition coefficient (Wildman–Crippen LogP) is 5.01. The molecule has 1 N–H and O–H groups in total. The van der Waals surface area contributed by atoms with E-state index in [1.807, 2.05) is 24.0 Å². The molecule has 0 unspecified atom stereocenters. The molecule has 14 heteroatoms. The number of nitrogens with one attached hydrogen (secondary N) is 1. The monoisotopic (exact) mass is 605 g/mol. The quantitative estimate of drug-likeness (QED) is 0.256. The van der Waals surface area contributed by atoms with E-state index in [0.29, 0.717) is 65.4 Å². The molecule has 4 heterocycles. The van der Waals surface area contributed by atoms with E-state index in [9.17, 15) is 4.79 Å². The fourth-order valence-electron chi connectivity index (χ4n) is 4.55. The van der Waals surface area contributed by atoms with Crippen molar-refractivity contribution in [3.63, 3.8) is 0 Å². The molecule has 1 aliphatic rings. The lowest BCUT2D eigenvalue weighted by Crippen LogP contribution is -2.37. The first-order valence-corrected chi connectivity index (χ1v) is 14.3. The van der Waals surface area contributed by atoms with Crippen molar-refractivity contribution in [2.75, 3.05) is 50.2 Å². The second-order valence-electron chi connectivity index (χ2n) is 9.89. The van der Waals surface area contributed by atoms with Gasteiger partial charge in [0.2, 0.25) is 11.8 Å². The maximum absolute atomic E-state index is 15.0. The number of nitrogens with zero attached hydrogens (tertiary/aromatic N) is 6. The molecule has 6 rings (SSSR count). The number of methoxy groups -OCH3 is 1. The first-order valence-electron chi connectivity index (χ1n) is 13.5. The number of aromatic nitrogens is 5.